The molecule has 0 radical (unpaired) electrons. The first kappa shape index (κ1) is 11.5. The van der Waals surface area contributed by atoms with Crippen molar-refractivity contribution in [1.82, 2.24) is 0 Å². The molecule has 1 nitrogen and oxygen atoms in total. The van der Waals surface area contributed by atoms with Gasteiger partial charge in [0.15, 0.2) is 11.6 Å². The Morgan fingerprint density at radius 1 is 0.824 bits per heavy atom. The van der Waals surface area contributed by atoms with Gasteiger partial charge in [-0.2, -0.15) is 0 Å². The van der Waals surface area contributed by atoms with Crippen LogP contribution in [0.5, 0.6) is 5.75 Å². The first-order valence-electron chi connectivity index (χ1n) is 4.97. The van der Waals surface area contributed by atoms with Crippen molar-refractivity contribution in [2.24, 2.45) is 0 Å². The summed E-state index contributed by atoms with van der Waals surface area (Å²) in [6.45, 7) is 0.100. The predicted molar refractivity (Wildman–Crippen MR) is 57.1 cm³/mol. The molecule has 88 valence electrons. The van der Waals surface area contributed by atoms with Gasteiger partial charge in [0.1, 0.15) is 18.2 Å². The van der Waals surface area contributed by atoms with E-state index in [4.69, 9.17) is 4.74 Å². The number of rotatable bonds is 3. The molecule has 0 fully saturated rings. The van der Waals surface area contributed by atoms with Crippen molar-refractivity contribution in [2.75, 3.05) is 0 Å². The molecule has 0 aliphatic heterocycles. The van der Waals surface area contributed by atoms with Crippen LogP contribution in [0.15, 0.2) is 42.5 Å². The minimum Gasteiger partial charge on any atom is -0.486 e. The summed E-state index contributed by atoms with van der Waals surface area (Å²) in [5.74, 6) is -1.79. The molecule has 2 aromatic carbocycles. The molecule has 0 unspecified atom stereocenters. The first-order chi connectivity index (χ1) is 8.15. The average Bonchev–Trinajstić information content (AvgIpc) is 2.30. The Morgan fingerprint density at radius 2 is 1.47 bits per heavy atom. The zero-order valence-corrected chi connectivity index (χ0v) is 8.79. The summed E-state index contributed by atoms with van der Waals surface area (Å²) in [5, 5.41) is 0. The van der Waals surface area contributed by atoms with Crippen LogP contribution in [0.25, 0.3) is 0 Å². The van der Waals surface area contributed by atoms with Gasteiger partial charge in [0, 0.05) is 6.07 Å². The Labute approximate surface area is 96.5 Å². The summed E-state index contributed by atoms with van der Waals surface area (Å²) >= 11 is 0. The third-order valence-electron chi connectivity index (χ3n) is 2.20. The fourth-order valence-corrected chi connectivity index (χ4v) is 1.33. The van der Waals surface area contributed by atoms with Crippen molar-refractivity contribution >= 4 is 0 Å². The largest absolute Gasteiger partial charge is 0.486 e. The van der Waals surface area contributed by atoms with E-state index in [2.05, 4.69) is 0 Å². The SMILES string of the molecule is Fc1ccc(COc2ccc(F)cc2F)cc1. The molecule has 0 saturated carbocycles. The summed E-state index contributed by atoms with van der Waals surface area (Å²) < 4.78 is 43.6. The Balaban J connectivity index is 2.04. The number of hydrogen-bond acceptors (Lipinski definition) is 1. The monoisotopic (exact) mass is 238 g/mol. The third-order valence-corrected chi connectivity index (χ3v) is 2.20. The van der Waals surface area contributed by atoms with Crippen LogP contribution in [0.3, 0.4) is 0 Å². The maximum absolute atomic E-state index is 13.2. The van der Waals surface area contributed by atoms with Crippen molar-refractivity contribution in [3.63, 3.8) is 0 Å². The van der Waals surface area contributed by atoms with Gasteiger partial charge in [0.05, 0.1) is 0 Å². The van der Waals surface area contributed by atoms with Gasteiger partial charge in [-0.1, -0.05) is 12.1 Å². The highest BCUT2D eigenvalue weighted by molar-refractivity contribution is 5.25. The molecule has 0 aromatic heterocycles. The molecule has 0 heterocycles. The van der Waals surface area contributed by atoms with Crippen LogP contribution < -0.4 is 4.74 Å². The van der Waals surface area contributed by atoms with E-state index in [9.17, 15) is 13.2 Å². The van der Waals surface area contributed by atoms with E-state index in [1.807, 2.05) is 0 Å². The molecule has 2 aromatic rings. The molecular formula is C13H9F3O. The van der Waals surface area contributed by atoms with Crippen molar-refractivity contribution in [3.8, 4) is 5.75 Å². The third kappa shape index (κ3) is 3.00. The van der Waals surface area contributed by atoms with E-state index in [-0.39, 0.29) is 18.2 Å². The molecule has 0 aliphatic rings. The maximum atomic E-state index is 13.2. The van der Waals surface area contributed by atoms with Crippen molar-refractivity contribution in [2.45, 2.75) is 6.61 Å². The van der Waals surface area contributed by atoms with Crippen LogP contribution >= 0.6 is 0 Å². The van der Waals surface area contributed by atoms with Gasteiger partial charge in [0.2, 0.25) is 0 Å². The van der Waals surface area contributed by atoms with Gasteiger partial charge in [-0.3, -0.25) is 0 Å². The minimum atomic E-state index is -0.757. The Bertz CT molecular complexity index is 509. The smallest absolute Gasteiger partial charge is 0.167 e. The highest BCUT2D eigenvalue weighted by Gasteiger charge is 2.04. The lowest BCUT2D eigenvalue weighted by Gasteiger charge is -2.07. The average molecular weight is 238 g/mol. The highest BCUT2D eigenvalue weighted by Crippen LogP contribution is 2.19. The van der Waals surface area contributed by atoms with Crippen LogP contribution in [-0.4, -0.2) is 0 Å². The van der Waals surface area contributed by atoms with E-state index >= 15 is 0 Å². The lowest BCUT2D eigenvalue weighted by atomic mass is 10.2. The molecule has 0 bridgehead atoms. The quantitative estimate of drug-likeness (QED) is 0.792. The van der Waals surface area contributed by atoms with Gasteiger partial charge >= 0.3 is 0 Å². The zero-order chi connectivity index (χ0) is 12.3. The fourth-order valence-electron chi connectivity index (χ4n) is 1.33. The van der Waals surface area contributed by atoms with E-state index in [1.165, 1.54) is 30.3 Å². The van der Waals surface area contributed by atoms with Crippen molar-refractivity contribution in [1.29, 1.82) is 0 Å². The van der Waals surface area contributed by atoms with Crippen LogP contribution in [0.2, 0.25) is 0 Å². The minimum absolute atomic E-state index is 0.0317. The zero-order valence-electron chi connectivity index (χ0n) is 8.79. The van der Waals surface area contributed by atoms with Gasteiger partial charge in [-0.05, 0) is 29.8 Å². The second-order valence-electron chi connectivity index (χ2n) is 3.49. The van der Waals surface area contributed by atoms with Crippen molar-refractivity contribution in [3.05, 3.63) is 65.5 Å². The van der Waals surface area contributed by atoms with E-state index in [0.717, 1.165) is 12.1 Å². The highest BCUT2D eigenvalue weighted by atomic mass is 19.1. The summed E-state index contributed by atoms with van der Waals surface area (Å²) in [4.78, 5) is 0. The van der Waals surface area contributed by atoms with Crippen LogP contribution in [0.1, 0.15) is 5.56 Å². The summed E-state index contributed by atoms with van der Waals surface area (Å²) in [7, 11) is 0. The Hall–Kier alpha value is -1.97. The molecule has 17 heavy (non-hydrogen) atoms. The van der Waals surface area contributed by atoms with Gasteiger partial charge < -0.3 is 4.74 Å². The van der Waals surface area contributed by atoms with Gasteiger partial charge in [0.25, 0.3) is 0 Å². The van der Waals surface area contributed by atoms with Crippen LogP contribution in [0.4, 0.5) is 13.2 Å². The molecule has 0 aliphatic carbocycles. The molecule has 0 atom stereocenters. The van der Waals surface area contributed by atoms with Gasteiger partial charge in [-0.15, -0.1) is 0 Å². The maximum Gasteiger partial charge on any atom is 0.167 e. The standard InChI is InChI=1S/C13H9F3O/c14-10-3-1-9(2-4-10)8-17-13-6-5-11(15)7-12(13)16/h1-7H,8H2. The molecule has 0 spiro atoms. The summed E-state index contributed by atoms with van der Waals surface area (Å²) in [5.41, 5.74) is 0.704. The first-order valence-corrected chi connectivity index (χ1v) is 4.97. The number of ether oxygens (including phenoxy) is 1. The molecule has 0 amide bonds. The second kappa shape index (κ2) is 4.91. The normalized spacial score (nSPS) is 10.3. The summed E-state index contributed by atoms with van der Waals surface area (Å²) in [6.07, 6.45) is 0. The van der Waals surface area contributed by atoms with Crippen LogP contribution in [-0.2, 0) is 6.61 Å². The number of benzene rings is 2. The van der Waals surface area contributed by atoms with E-state index < -0.39 is 11.6 Å². The summed E-state index contributed by atoms with van der Waals surface area (Å²) in [6, 6.07) is 8.74. The molecule has 2 rings (SSSR count). The lowest BCUT2D eigenvalue weighted by Crippen LogP contribution is -1.97. The van der Waals surface area contributed by atoms with E-state index in [1.54, 1.807) is 0 Å². The second-order valence-corrected chi connectivity index (χ2v) is 3.49. The fraction of sp³-hybridized carbons (Fsp3) is 0.0769. The van der Waals surface area contributed by atoms with Crippen molar-refractivity contribution < 1.29 is 17.9 Å². The Kier molecular flexibility index (Phi) is 3.32. The molecule has 4 heteroatoms. The topological polar surface area (TPSA) is 9.23 Å². The van der Waals surface area contributed by atoms with Gasteiger partial charge in [-0.25, -0.2) is 13.2 Å². The lowest BCUT2D eigenvalue weighted by molar-refractivity contribution is 0.289. The predicted octanol–water partition coefficient (Wildman–Crippen LogP) is 3.68. The van der Waals surface area contributed by atoms with E-state index in [0.29, 0.717) is 5.56 Å². The molecule has 0 saturated heterocycles. The number of hydrogen-bond donors (Lipinski definition) is 0. The molecular weight excluding hydrogens is 229 g/mol. The Morgan fingerprint density at radius 3 is 2.12 bits per heavy atom. The number of halogens is 3. The molecule has 0 N–H and O–H groups in total. The van der Waals surface area contributed by atoms with Crippen LogP contribution in [0, 0.1) is 17.5 Å².